The van der Waals surface area contributed by atoms with Crippen molar-refractivity contribution in [3.05, 3.63) is 27.8 Å². The molecule has 0 saturated heterocycles. The van der Waals surface area contributed by atoms with E-state index in [1.807, 2.05) is 24.3 Å². The number of aliphatic carboxylic acids is 1. The van der Waals surface area contributed by atoms with Crippen LogP contribution in [0.5, 0.6) is 0 Å². The molecule has 4 heteroatoms. The predicted molar refractivity (Wildman–Crippen MR) is 66.9 cm³/mol. The minimum Gasteiger partial charge on any atom is -0.480 e. The SMILES string of the molecule is O=C(O)C(Nc1cccc(I)c1)C1CC1. The van der Waals surface area contributed by atoms with Gasteiger partial charge in [-0.25, -0.2) is 4.79 Å². The van der Waals surface area contributed by atoms with Crippen molar-refractivity contribution in [2.75, 3.05) is 5.32 Å². The van der Waals surface area contributed by atoms with Crippen molar-refractivity contribution in [3.8, 4) is 0 Å². The molecule has 1 aromatic carbocycles. The molecule has 0 aliphatic heterocycles. The van der Waals surface area contributed by atoms with E-state index >= 15 is 0 Å². The maximum atomic E-state index is 11.0. The highest BCUT2D eigenvalue weighted by Gasteiger charge is 2.36. The zero-order chi connectivity index (χ0) is 10.8. The van der Waals surface area contributed by atoms with E-state index in [0.29, 0.717) is 5.92 Å². The summed E-state index contributed by atoms with van der Waals surface area (Å²) in [6.45, 7) is 0. The first-order valence-electron chi connectivity index (χ1n) is 4.92. The van der Waals surface area contributed by atoms with Gasteiger partial charge in [-0.1, -0.05) is 6.07 Å². The fourth-order valence-corrected chi connectivity index (χ4v) is 2.11. The number of anilines is 1. The molecule has 1 aliphatic rings. The van der Waals surface area contributed by atoms with Gasteiger partial charge >= 0.3 is 5.97 Å². The van der Waals surface area contributed by atoms with E-state index in [1.54, 1.807) is 0 Å². The summed E-state index contributed by atoms with van der Waals surface area (Å²) in [5, 5.41) is 12.1. The number of halogens is 1. The summed E-state index contributed by atoms with van der Waals surface area (Å²) in [5.74, 6) is -0.447. The topological polar surface area (TPSA) is 49.3 Å². The Balaban J connectivity index is 2.08. The number of carboxylic acids is 1. The van der Waals surface area contributed by atoms with Gasteiger partial charge in [0, 0.05) is 9.26 Å². The highest BCUT2D eigenvalue weighted by Crippen LogP contribution is 2.34. The summed E-state index contributed by atoms with van der Waals surface area (Å²) >= 11 is 2.22. The van der Waals surface area contributed by atoms with Gasteiger partial charge in [-0.2, -0.15) is 0 Å². The first-order chi connectivity index (χ1) is 7.16. The van der Waals surface area contributed by atoms with Crippen LogP contribution in [0, 0.1) is 9.49 Å². The number of hydrogen-bond donors (Lipinski definition) is 2. The lowest BCUT2D eigenvalue weighted by Gasteiger charge is -2.14. The third kappa shape index (κ3) is 2.84. The molecule has 1 aromatic rings. The first kappa shape index (κ1) is 10.7. The molecule has 0 aromatic heterocycles. The summed E-state index contributed by atoms with van der Waals surface area (Å²) < 4.78 is 1.11. The summed E-state index contributed by atoms with van der Waals surface area (Å²) in [5.41, 5.74) is 0.890. The summed E-state index contributed by atoms with van der Waals surface area (Å²) in [4.78, 5) is 11.0. The molecule has 1 fully saturated rings. The van der Waals surface area contributed by atoms with Crippen molar-refractivity contribution in [1.29, 1.82) is 0 Å². The molecule has 2 rings (SSSR count). The van der Waals surface area contributed by atoms with Crippen molar-refractivity contribution in [1.82, 2.24) is 0 Å². The molecule has 0 bridgehead atoms. The zero-order valence-corrected chi connectivity index (χ0v) is 10.3. The van der Waals surface area contributed by atoms with Crippen LogP contribution in [0.15, 0.2) is 24.3 Å². The smallest absolute Gasteiger partial charge is 0.326 e. The van der Waals surface area contributed by atoms with Crippen LogP contribution in [0.25, 0.3) is 0 Å². The number of carbonyl (C=O) groups is 1. The van der Waals surface area contributed by atoms with Crippen LogP contribution in [0.3, 0.4) is 0 Å². The van der Waals surface area contributed by atoms with Gasteiger partial charge < -0.3 is 10.4 Å². The molecule has 0 radical (unpaired) electrons. The normalized spacial score (nSPS) is 17.1. The standard InChI is InChI=1S/C11H12INO2/c12-8-2-1-3-9(6-8)13-10(11(14)15)7-4-5-7/h1-3,6-7,10,13H,4-5H2,(H,14,15). The van der Waals surface area contributed by atoms with Gasteiger partial charge in [0.05, 0.1) is 0 Å². The molecule has 0 amide bonds. The minimum absolute atomic E-state index is 0.306. The molecule has 1 unspecified atom stereocenters. The second-order valence-corrected chi connectivity index (χ2v) is 5.05. The molecule has 0 spiro atoms. The minimum atomic E-state index is -0.753. The molecule has 1 aliphatic carbocycles. The van der Waals surface area contributed by atoms with Crippen LogP contribution < -0.4 is 5.32 Å². The lowest BCUT2D eigenvalue weighted by atomic mass is 10.2. The Labute approximate surface area is 102 Å². The molecule has 1 atom stereocenters. The van der Waals surface area contributed by atoms with Crippen molar-refractivity contribution in [2.24, 2.45) is 5.92 Å². The maximum Gasteiger partial charge on any atom is 0.326 e. The third-order valence-corrected chi connectivity index (χ3v) is 3.18. The van der Waals surface area contributed by atoms with E-state index in [9.17, 15) is 4.79 Å². The second kappa shape index (κ2) is 4.38. The lowest BCUT2D eigenvalue weighted by molar-refractivity contribution is -0.138. The Kier molecular flexibility index (Phi) is 3.14. The van der Waals surface area contributed by atoms with Crippen molar-refractivity contribution >= 4 is 34.2 Å². The fraction of sp³-hybridized carbons (Fsp3) is 0.364. The highest BCUT2D eigenvalue weighted by molar-refractivity contribution is 14.1. The average molecular weight is 317 g/mol. The molecule has 1 saturated carbocycles. The van der Waals surface area contributed by atoms with Gasteiger partial charge in [-0.3, -0.25) is 0 Å². The average Bonchev–Trinajstić information content (AvgIpc) is 2.97. The summed E-state index contributed by atoms with van der Waals surface area (Å²) in [6.07, 6.45) is 2.04. The van der Waals surface area contributed by atoms with Crippen molar-refractivity contribution < 1.29 is 9.90 Å². The second-order valence-electron chi connectivity index (χ2n) is 3.81. The maximum absolute atomic E-state index is 11.0. The van der Waals surface area contributed by atoms with E-state index in [-0.39, 0.29) is 0 Å². The molecular weight excluding hydrogens is 305 g/mol. The van der Waals surface area contributed by atoms with E-state index < -0.39 is 12.0 Å². The molecular formula is C11H12INO2. The van der Waals surface area contributed by atoms with Gasteiger partial charge in [-0.05, 0) is 59.5 Å². The quantitative estimate of drug-likeness (QED) is 0.839. The van der Waals surface area contributed by atoms with Crippen LogP contribution in [-0.2, 0) is 4.79 Å². The summed E-state index contributed by atoms with van der Waals surface area (Å²) in [6, 6.07) is 7.34. The van der Waals surface area contributed by atoms with Gasteiger partial charge in [0.2, 0.25) is 0 Å². The van der Waals surface area contributed by atoms with Gasteiger partial charge in [-0.15, -0.1) is 0 Å². The third-order valence-electron chi connectivity index (χ3n) is 2.51. The van der Waals surface area contributed by atoms with Gasteiger partial charge in [0.15, 0.2) is 0 Å². The number of nitrogens with one attached hydrogen (secondary N) is 1. The highest BCUT2D eigenvalue weighted by atomic mass is 127. The van der Waals surface area contributed by atoms with Crippen LogP contribution in [-0.4, -0.2) is 17.1 Å². The van der Waals surface area contributed by atoms with Crippen LogP contribution in [0.2, 0.25) is 0 Å². The molecule has 0 heterocycles. The zero-order valence-electron chi connectivity index (χ0n) is 8.11. The Morgan fingerprint density at radius 2 is 2.27 bits per heavy atom. The molecule has 3 nitrogen and oxygen atoms in total. The predicted octanol–water partition coefficient (Wildman–Crippen LogP) is 2.57. The fourth-order valence-electron chi connectivity index (χ4n) is 1.57. The molecule has 80 valence electrons. The number of hydrogen-bond acceptors (Lipinski definition) is 2. The van der Waals surface area contributed by atoms with E-state index in [2.05, 4.69) is 27.9 Å². The number of carboxylic acid groups (broad SMARTS) is 1. The lowest BCUT2D eigenvalue weighted by Crippen LogP contribution is -2.31. The number of rotatable bonds is 4. The van der Waals surface area contributed by atoms with Gasteiger partial charge in [0.1, 0.15) is 6.04 Å². The first-order valence-corrected chi connectivity index (χ1v) is 5.99. The number of benzene rings is 1. The molecule has 2 N–H and O–H groups in total. The largest absolute Gasteiger partial charge is 0.480 e. The monoisotopic (exact) mass is 317 g/mol. The molecule has 15 heavy (non-hydrogen) atoms. The van der Waals surface area contributed by atoms with Crippen molar-refractivity contribution in [2.45, 2.75) is 18.9 Å². The Hall–Kier alpha value is -0.780. The van der Waals surface area contributed by atoms with Crippen molar-refractivity contribution in [3.63, 3.8) is 0 Å². The summed E-state index contributed by atoms with van der Waals surface area (Å²) in [7, 11) is 0. The van der Waals surface area contributed by atoms with E-state index in [4.69, 9.17) is 5.11 Å². The van der Waals surface area contributed by atoms with Gasteiger partial charge in [0.25, 0.3) is 0 Å². The van der Waals surface area contributed by atoms with Crippen LogP contribution in [0.1, 0.15) is 12.8 Å². The van der Waals surface area contributed by atoms with Crippen LogP contribution >= 0.6 is 22.6 Å². The van der Waals surface area contributed by atoms with E-state index in [1.165, 1.54) is 0 Å². The Bertz CT molecular complexity index is 377. The van der Waals surface area contributed by atoms with Crippen LogP contribution in [0.4, 0.5) is 5.69 Å². The van der Waals surface area contributed by atoms with E-state index in [0.717, 1.165) is 22.1 Å². The Morgan fingerprint density at radius 3 is 2.80 bits per heavy atom. The Morgan fingerprint density at radius 1 is 1.53 bits per heavy atom.